The summed E-state index contributed by atoms with van der Waals surface area (Å²) in [6.45, 7) is 4.13. The van der Waals surface area contributed by atoms with Gasteiger partial charge in [0.05, 0.1) is 11.4 Å². The van der Waals surface area contributed by atoms with Crippen LogP contribution < -0.4 is 5.01 Å². The zero-order valence-corrected chi connectivity index (χ0v) is 24.0. The Bertz CT molecular complexity index is 1920. The van der Waals surface area contributed by atoms with Crippen LogP contribution >= 0.6 is 0 Å². The van der Waals surface area contributed by atoms with Gasteiger partial charge in [0.15, 0.2) is 0 Å². The molecule has 43 heavy (non-hydrogen) atoms. The Hall–Kier alpha value is -5.35. The molecule has 0 N–H and O–H groups in total. The number of carbonyl (C=O) groups is 1. The number of hydrogen-bond donors (Lipinski definition) is 0. The molecule has 208 valence electrons. The summed E-state index contributed by atoms with van der Waals surface area (Å²) in [5.41, 5.74) is 8.62. The Kier molecular flexibility index (Phi) is 6.47. The van der Waals surface area contributed by atoms with Crippen LogP contribution in [0.4, 0.5) is 10.1 Å². The summed E-state index contributed by atoms with van der Waals surface area (Å²) < 4.78 is 14.0. The molecule has 4 heteroatoms. The molecule has 1 aliphatic carbocycles. The van der Waals surface area contributed by atoms with E-state index in [1.165, 1.54) is 17.1 Å². The lowest BCUT2D eigenvalue weighted by atomic mass is 9.66. The fourth-order valence-corrected chi connectivity index (χ4v) is 6.21. The van der Waals surface area contributed by atoms with Crippen molar-refractivity contribution in [3.8, 4) is 0 Å². The molecule has 0 fully saturated rings. The van der Waals surface area contributed by atoms with Crippen molar-refractivity contribution in [1.82, 2.24) is 0 Å². The van der Waals surface area contributed by atoms with Gasteiger partial charge in [0, 0.05) is 0 Å². The topological polar surface area (TPSA) is 32.7 Å². The van der Waals surface area contributed by atoms with Gasteiger partial charge in [0.1, 0.15) is 11.2 Å². The van der Waals surface area contributed by atoms with Crippen molar-refractivity contribution in [2.45, 2.75) is 13.8 Å². The first-order valence-corrected chi connectivity index (χ1v) is 14.4. The predicted molar refractivity (Wildman–Crippen MR) is 173 cm³/mol. The van der Waals surface area contributed by atoms with E-state index in [4.69, 9.17) is 5.10 Å². The number of amides is 1. The fourth-order valence-electron chi connectivity index (χ4n) is 6.21. The lowest BCUT2D eigenvalue weighted by molar-refractivity contribution is -0.120. The molecule has 0 bridgehead atoms. The van der Waals surface area contributed by atoms with Crippen molar-refractivity contribution in [3.63, 3.8) is 0 Å². The number of nitrogens with zero attached hydrogens (tertiary/aromatic N) is 2. The number of aryl methyl sites for hydroxylation is 2. The molecule has 1 heterocycles. The average molecular weight is 561 g/mol. The van der Waals surface area contributed by atoms with Crippen LogP contribution in [0, 0.1) is 25.1 Å². The van der Waals surface area contributed by atoms with E-state index in [0.717, 1.165) is 50.1 Å². The van der Waals surface area contributed by atoms with Gasteiger partial charge in [0.2, 0.25) is 0 Å². The number of carbonyl (C=O) groups excluding carboxylic acids is 1. The average Bonchev–Trinajstić information content (AvgIpc) is 3.55. The number of halogens is 1. The van der Waals surface area contributed by atoms with Crippen molar-refractivity contribution < 1.29 is 9.18 Å². The van der Waals surface area contributed by atoms with E-state index in [0.29, 0.717) is 11.4 Å². The second-order valence-electron chi connectivity index (χ2n) is 11.1. The first-order chi connectivity index (χ1) is 21.0. The summed E-state index contributed by atoms with van der Waals surface area (Å²) in [7, 11) is 0. The van der Waals surface area contributed by atoms with Crippen LogP contribution in [0.15, 0.2) is 145 Å². The highest BCUT2D eigenvalue weighted by Gasteiger charge is 2.60. The standard InChI is InChI=1S/C39H29FN2O/c1-26-13-17-28(18-14-26)34-25-35(29-9-5-3-6-10-29)39(36(34)30-19-15-27(2)16-20-30)37(31-11-7-4-8-12-31)41-42(38(39)43)33-23-21-32(40)22-24-33/h3-25H,1-2H3/t39-/m1/s1. The molecule has 1 spiro atoms. The quantitative estimate of drug-likeness (QED) is 0.211. The summed E-state index contributed by atoms with van der Waals surface area (Å²) >= 11 is 0. The molecular formula is C39H29FN2O. The highest BCUT2D eigenvalue weighted by atomic mass is 19.1. The Morgan fingerprint density at radius 2 is 1.14 bits per heavy atom. The van der Waals surface area contributed by atoms with Gasteiger partial charge in [-0.3, -0.25) is 4.79 Å². The largest absolute Gasteiger partial charge is 0.271 e. The van der Waals surface area contributed by atoms with Crippen molar-refractivity contribution in [2.24, 2.45) is 10.5 Å². The van der Waals surface area contributed by atoms with Gasteiger partial charge >= 0.3 is 0 Å². The second-order valence-corrected chi connectivity index (χ2v) is 11.1. The molecular weight excluding hydrogens is 531 g/mol. The van der Waals surface area contributed by atoms with Crippen LogP contribution in [0.2, 0.25) is 0 Å². The Labute approximate surface area is 251 Å². The van der Waals surface area contributed by atoms with Gasteiger partial charge in [-0.1, -0.05) is 120 Å². The number of allylic oxidation sites excluding steroid dienone is 2. The van der Waals surface area contributed by atoms with E-state index < -0.39 is 5.41 Å². The first kappa shape index (κ1) is 26.5. The molecule has 7 rings (SSSR count). The van der Waals surface area contributed by atoms with E-state index in [1.54, 1.807) is 12.1 Å². The first-order valence-electron chi connectivity index (χ1n) is 14.4. The lowest BCUT2D eigenvalue weighted by Crippen LogP contribution is -2.41. The zero-order chi connectivity index (χ0) is 29.6. The summed E-state index contributed by atoms with van der Waals surface area (Å²) in [4.78, 5) is 15.3. The highest BCUT2D eigenvalue weighted by molar-refractivity contribution is 6.42. The van der Waals surface area contributed by atoms with Crippen LogP contribution in [0.5, 0.6) is 0 Å². The lowest BCUT2D eigenvalue weighted by Gasteiger charge is -2.32. The molecule has 2 aliphatic rings. The highest BCUT2D eigenvalue weighted by Crippen LogP contribution is 2.60. The van der Waals surface area contributed by atoms with Crippen molar-refractivity contribution in [2.75, 3.05) is 5.01 Å². The summed E-state index contributed by atoms with van der Waals surface area (Å²) in [5.74, 6) is -0.573. The third-order valence-electron chi connectivity index (χ3n) is 8.31. The summed E-state index contributed by atoms with van der Waals surface area (Å²) in [6.07, 6.45) is 2.17. The second kappa shape index (κ2) is 10.5. The van der Waals surface area contributed by atoms with E-state index in [9.17, 15) is 4.39 Å². The Morgan fingerprint density at radius 1 is 0.605 bits per heavy atom. The minimum absolute atomic E-state index is 0.203. The molecule has 1 atom stereocenters. The minimum atomic E-state index is -1.27. The number of rotatable bonds is 5. The summed E-state index contributed by atoms with van der Waals surface area (Å²) in [6, 6.07) is 42.7. The van der Waals surface area contributed by atoms with E-state index in [1.807, 2.05) is 48.5 Å². The molecule has 0 saturated carbocycles. The van der Waals surface area contributed by atoms with Crippen LogP contribution in [0.3, 0.4) is 0 Å². The third-order valence-corrected chi connectivity index (χ3v) is 8.31. The molecule has 0 saturated heterocycles. The third kappa shape index (κ3) is 4.34. The van der Waals surface area contributed by atoms with Crippen LogP contribution in [0.1, 0.15) is 33.4 Å². The van der Waals surface area contributed by atoms with E-state index in [2.05, 4.69) is 80.6 Å². The molecule has 3 nitrogen and oxygen atoms in total. The smallest absolute Gasteiger partial charge is 0.268 e. The molecule has 5 aromatic carbocycles. The zero-order valence-electron chi connectivity index (χ0n) is 24.0. The molecule has 0 aromatic heterocycles. The van der Waals surface area contributed by atoms with Crippen molar-refractivity contribution >= 4 is 34.0 Å². The van der Waals surface area contributed by atoms with Gasteiger partial charge in [-0.2, -0.15) is 10.1 Å². The van der Waals surface area contributed by atoms with E-state index >= 15 is 4.79 Å². The number of hydrogen-bond acceptors (Lipinski definition) is 2. The number of hydrazone groups is 1. The van der Waals surface area contributed by atoms with E-state index in [-0.39, 0.29) is 11.7 Å². The monoisotopic (exact) mass is 560 g/mol. The minimum Gasteiger partial charge on any atom is -0.271 e. The van der Waals surface area contributed by atoms with Crippen LogP contribution in [0.25, 0.3) is 16.7 Å². The molecule has 0 radical (unpaired) electrons. The Balaban J connectivity index is 1.60. The molecule has 1 aliphatic heterocycles. The predicted octanol–water partition coefficient (Wildman–Crippen LogP) is 8.89. The Morgan fingerprint density at radius 3 is 1.72 bits per heavy atom. The van der Waals surface area contributed by atoms with Gasteiger partial charge in [-0.25, -0.2) is 4.39 Å². The number of anilines is 1. The van der Waals surface area contributed by atoms with Crippen molar-refractivity contribution in [1.29, 1.82) is 0 Å². The molecule has 1 amide bonds. The van der Waals surface area contributed by atoms with Gasteiger partial charge in [-0.15, -0.1) is 0 Å². The van der Waals surface area contributed by atoms with Gasteiger partial charge in [-0.05, 0) is 83.2 Å². The van der Waals surface area contributed by atoms with Gasteiger partial charge < -0.3 is 0 Å². The SMILES string of the molecule is Cc1ccc(C2=C(c3ccc(C)cc3)[C@]3(C(=O)N(c4ccc(F)cc4)N=C3c3ccccc3)C(c3ccccc3)=C2)cc1. The maximum Gasteiger partial charge on any atom is 0.268 e. The van der Waals surface area contributed by atoms with Crippen LogP contribution in [-0.2, 0) is 4.79 Å². The maximum atomic E-state index is 15.3. The van der Waals surface area contributed by atoms with Crippen LogP contribution in [-0.4, -0.2) is 11.6 Å². The normalized spacial score (nSPS) is 17.9. The fraction of sp³-hybridized carbons (Fsp3) is 0.0769. The molecule has 5 aromatic rings. The van der Waals surface area contributed by atoms with Crippen molar-refractivity contribution in [3.05, 3.63) is 179 Å². The van der Waals surface area contributed by atoms with Gasteiger partial charge in [0.25, 0.3) is 5.91 Å². The summed E-state index contributed by atoms with van der Waals surface area (Å²) in [5, 5.41) is 6.54. The maximum absolute atomic E-state index is 15.3. The molecule has 0 unspecified atom stereocenters. The number of benzene rings is 5.